The van der Waals surface area contributed by atoms with Crippen molar-refractivity contribution in [1.82, 2.24) is 5.32 Å². The quantitative estimate of drug-likeness (QED) is 0.353. The lowest BCUT2D eigenvalue weighted by Crippen LogP contribution is -2.26. The molecule has 3 aromatic carbocycles. The van der Waals surface area contributed by atoms with Crippen molar-refractivity contribution < 1.29 is 27.5 Å². The fourth-order valence-electron chi connectivity index (χ4n) is 4.23. The van der Waals surface area contributed by atoms with Gasteiger partial charge in [0.25, 0.3) is 5.91 Å². The van der Waals surface area contributed by atoms with Crippen molar-refractivity contribution in [2.45, 2.75) is 25.3 Å². The summed E-state index contributed by atoms with van der Waals surface area (Å²) < 4.78 is 45.5. The van der Waals surface area contributed by atoms with Crippen LogP contribution in [-0.2, 0) is 17.8 Å². The van der Waals surface area contributed by atoms with Gasteiger partial charge in [0.2, 0.25) is 0 Å². The number of nitrogens with zero attached hydrogens (tertiary/aromatic N) is 1. The molecule has 0 bridgehead atoms. The molecule has 1 aliphatic carbocycles. The van der Waals surface area contributed by atoms with Gasteiger partial charge in [-0.15, -0.1) is 0 Å². The molecule has 9 heteroatoms. The van der Waals surface area contributed by atoms with Crippen LogP contribution >= 0.6 is 0 Å². The fourth-order valence-corrected chi connectivity index (χ4v) is 4.80. The zero-order chi connectivity index (χ0) is 24.7. The molecule has 1 aromatic heterocycles. The van der Waals surface area contributed by atoms with Gasteiger partial charge in [0.1, 0.15) is 22.9 Å². The molecule has 4 aromatic rings. The number of furan rings is 1. The second-order valence-corrected chi connectivity index (χ2v) is 9.37. The summed E-state index contributed by atoms with van der Waals surface area (Å²) in [5.74, 6) is -0.221. The number of carbonyl (C=O) groups is 1. The number of anilines is 1. The van der Waals surface area contributed by atoms with Crippen LogP contribution in [0.4, 0.5) is 10.1 Å². The zero-order valence-electron chi connectivity index (χ0n) is 18.8. The first-order valence-corrected chi connectivity index (χ1v) is 12.1. The molecule has 2 N–H and O–H groups in total. The van der Waals surface area contributed by atoms with Crippen molar-refractivity contribution in [3.05, 3.63) is 83.2 Å². The zero-order valence-corrected chi connectivity index (χ0v) is 19.6. The van der Waals surface area contributed by atoms with Gasteiger partial charge in [0.05, 0.1) is 17.8 Å². The van der Waals surface area contributed by atoms with Gasteiger partial charge in [-0.3, -0.25) is 13.3 Å². The van der Waals surface area contributed by atoms with Crippen molar-refractivity contribution >= 4 is 33.8 Å². The molecule has 1 fully saturated rings. The Balaban J connectivity index is 1.69. The van der Waals surface area contributed by atoms with Crippen molar-refractivity contribution in [1.29, 1.82) is 0 Å². The number of hydrogen-bond acceptors (Lipinski definition) is 5. The molecule has 1 saturated carbocycles. The van der Waals surface area contributed by atoms with Gasteiger partial charge >= 0.3 is 0 Å². The summed E-state index contributed by atoms with van der Waals surface area (Å²) in [6.45, 7) is 0.0649. The van der Waals surface area contributed by atoms with E-state index in [1.54, 1.807) is 18.2 Å². The lowest BCUT2D eigenvalue weighted by Gasteiger charge is -2.28. The van der Waals surface area contributed by atoms with E-state index in [0.717, 1.165) is 18.4 Å². The maximum Gasteiger partial charge on any atom is 0.255 e. The minimum atomic E-state index is -2.59. The van der Waals surface area contributed by atoms with E-state index in [-0.39, 0.29) is 29.9 Å². The number of benzene rings is 3. The smallest absolute Gasteiger partial charge is 0.255 e. The van der Waals surface area contributed by atoms with Crippen LogP contribution in [0.3, 0.4) is 0 Å². The first-order valence-electron chi connectivity index (χ1n) is 11.1. The standard InChI is InChI=1S/C26H23FN2O5S/c1-28-26(31)24-21-12-20(16-4-5-16)22(29(35(32)33)14-15-2-10-19(30)11-3-15)13-23(21)34-25(24)17-6-8-18(27)9-7-17/h2-3,6-13,16,30H,4-5,14H2,1H3,(H,28,31)(H,32,33)/p-1. The maximum absolute atomic E-state index is 13.5. The molecule has 1 heterocycles. The molecule has 5 rings (SSSR count). The molecule has 1 atom stereocenters. The summed E-state index contributed by atoms with van der Waals surface area (Å²) in [6.07, 6.45) is 1.82. The molecule has 35 heavy (non-hydrogen) atoms. The van der Waals surface area contributed by atoms with Crippen molar-refractivity contribution in [3.63, 3.8) is 0 Å². The number of amides is 1. The lowest BCUT2D eigenvalue weighted by atomic mass is 10.00. The number of hydrogen-bond donors (Lipinski definition) is 2. The van der Waals surface area contributed by atoms with Crippen LogP contribution in [-0.4, -0.2) is 26.8 Å². The number of phenolic OH excluding ortho intramolecular Hbond substituents is 1. The van der Waals surface area contributed by atoms with Crippen LogP contribution in [0.1, 0.15) is 40.2 Å². The SMILES string of the molecule is CNC(=O)c1c(-c2ccc(F)cc2)oc2cc(N(Cc3ccc(O)cc3)S(=O)[O-])c(C3CC3)cc12. The Hall–Kier alpha value is -3.69. The molecule has 1 amide bonds. The maximum atomic E-state index is 13.5. The van der Waals surface area contributed by atoms with Crippen molar-refractivity contribution in [2.75, 3.05) is 11.4 Å². The average molecular weight is 494 g/mol. The Bertz CT molecular complexity index is 1430. The summed E-state index contributed by atoms with van der Waals surface area (Å²) in [5, 5.41) is 12.8. The summed E-state index contributed by atoms with van der Waals surface area (Å²) in [4.78, 5) is 12.9. The molecule has 7 nitrogen and oxygen atoms in total. The minimum absolute atomic E-state index is 0.0649. The van der Waals surface area contributed by atoms with Crippen LogP contribution in [0.2, 0.25) is 0 Å². The molecule has 0 aliphatic heterocycles. The van der Waals surface area contributed by atoms with Crippen molar-refractivity contribution in [3.8, 4) is 17.1 Å². The molecule has 180 valence electrons. The van der Waals surface area contributed by atoms with E-state index in [9.17, 15) is 23.1 Å². The lowest BCUT2D eigenvalue weighted by molar-refractivity contribution is 0.0964. The molecule has 0 radical (unpaired) electrons. The summed E-state index contributed by atoms with van der Waals surface area (Å²) in [5.41, 5.74) is 3.19. The first-order chi connectivity index (χ1) is 16.9. The topological polar surface area (TPSA) is 106 Å². The van der Waals surface area contributed by atoms with Crippen LogP contribution in [0.5, 0.6) is 5.75 Å². The predicted octanol–water partition coefficient (Wildman–Crippen LogP) is 4.98. The van der Waals surface area contributed by atoms with E-state index >= 15 is 0 Å². The van der Waals surface area contributed by atoms with Gasteiger partial charge in [0.15, 0.2) is 0 Å². The summed E-state index contributed by atoms with van der Waals surface area (Å²) >= 11 is -2.59. The van der Waals surface area contributed by atoms with Gasteiger partial charge in [-0.25, -0.2) is 4.39 Å². The second kappa shape index (κ2) is 9.16. The Morgan fingerprint density at radius 1 is 1.17 bits per heavy atom. The van der Waals surface area contributed by atoms with E-state index in [0.29, 0.717) is 33.3 Å². The fraction of sp³-hybridized carbons (Fsp3) is 0.192. The van der Waals surface area contributed by atoms with Crippen LogP contribution < -0.4 is 9.62 Å². The molecular formula is C26H22FN2O5S-. The predicted molar refractivity (Wildman–Crippen MR) is 130 cm³/mol. The second-order valence-electron chi connectivity index (χ2n) is 8.49. The number of halogens is 1. The third-order valence-electron chi connectivity index (χ3n) is 6.13. The summed E-state index contributed by atoms with van der Waals surface area (Å²) in [6, 6.07) is 15.5. The number of rotatable bonds is 7. The minimum Gasteiger partial charge on any atom is -0.755 e. The molecule has 0 saturated heterocycles. The van der Waals surface area contributed by atoms with Crippen LogP contribution in [0, 0.1) is 5.82 Å². The van der Waals surface area contributed by atoms with Gasteiger partial charge in [-0.1, -0.05) is 12.1 Å². The normalized spacial score (nSPS) is 14.1. The number of carbonyl (C=O) groups excluding carboxylic acids is 1. The highest BCUT2D eigenvalue weighted by Crippen LogP contribution is 2.48. The average Bonchev–Trinajstić information content (AvgIpc) is 3.63. The highest BCUT2D eigenvalue weighted by atomic mass is 32.2. The summed E-state index contributed by atoms with van der Waals surface area (Å²) in [7, 11) is 1.52. The number of phenols is 1. The Labute approximate surface area is 203 Å². The Kier molecular flexibility index (Phi) is 6.04. The highest BCUT2D eigenvalue weighted by Gasteiger charge is 2.31. The number of aromatic hydroxyl groups is 1. The highest BCUT2D eigenvalue weighted by molar-refractivity contribution is 7.80. The van der Waals surface area contributed by atoms with Crippen LogP contribution in [0.15, 0.2) is 65.1 Å². The van der Waals surface area contributed by atoms with E-state index in [2.05, 4.69) is 5.32 Å². The Morgan fingerprint density at radius 2 is 1.86 bits per heavy atom. The van der Waals surface area contributed by atoms with E-state index in [1.165, 1.54) is 47.8 Å². The third-order valence-corrected chi connectivity index (χ3v) is 6.81. The van der Waals surface area contributed by atoms with Crippen molar-refractivity contribution in [2.24, 2.45) is 0 Å². The molecule has 1 aliphatic rings. The number of fused-ring (bicyclic) bond motifs is 1. The van der Waals surface area contributed by atoms with Gasteiger partial charge in [0, 0.05) is 35.3 Å². The third kappa shape index (κ3) is 4.52. The Morgan fingerprint density at radius 3 is 2.46 bits per heavy atom. The van der Waals surface area contributed by atoms with E-state index < -0.39 is 17.1 Å². The molecule has 1 unspecified atom stereocenters. The number of nitrogens with one attached hydrogen (secondary N) is 1. The largest absolute Gasteiger partial charge is 0.755 e. The molecular weight excluding hydrogens is 471 g/mol. The van der Waals surface area contributed by atoms with Gasteiger partial charge < -0.3 is 19.4 Å². The molecule has 0 spiro atoms. The van der Waals surface area contributed by atoms with E-state index in [1.807, 2.05) is 6.07 Å². The van der Waals surface area contributed by atoms with Crippen LogP contribution in [0.25, 0.3) is 22.3 Å². The van der Waals surface area contributed by atoms with Gasteiger partial charge in [-0.05, 0) is 72.4 Å². The monoisotopic (exact) mass is 493 g/mol. The van der Waals surface area contributed by atoms with Gasteiger partial charge in [-0.2, -0.15) is 0 Å². The first kappa shape index (κ1) is 23.1. The van der Waals surface area contributed by atoms with E-state index in [4.69, 9.17) is 4.42 Å².